The molecule has 0 aliphatic heterocycles. The SMILES string of the molecule is CC(C)CCNC(=O)CC(C)C(=O)O. The molecule has 1 atom stereocenters. The number of carboxylic acid groups (broad SMARTS) is 1. The van der Waals surface area contributed by atoms with Crippen molar-refractivity contribution < 1.29 is 14.7 Å². The Labute approximate surface area is 84.7 Å². The molecular formula is C10H19NO3. The summed E-state index contributed by atoms with van der Waals surface area (Å²) in [7, 11) is 0. The highest BCUT2D eigenvalue weighted by atomic mass is 16.4. The zero-order chi connectivity index (χ0) is 11.1. The van der Waals surface area contributed by atoms with Crippen molar-refractivity contribution in [1.82, 2.24) is 5.32 Å². The summed E-state index contributed by atoms with van der Waals surface area (Å²) in [4.78, 5) is 21.6. The number of aliphatic carboxylic acids is 1. The standard InChI is InChI=1S/C10H19NO3/c1-7(2)4-5-11-9(12)6-8(3)10(13)14/h7-8H,4-6H2,1-3H3,(H,11,12)(H,13,14). The molecule has 2 N–H and O–H groups in total. The van der Waals surface area contributed by atoms with Gasteiger partial charge in [0.15, 0.2) is 0 Å². The summed E-state index contributed by atoms with van der Waals surface area (Å²) >= 11 is 0. The molecule has 4 heteroatoms. The molecule has 0 aromatic carbocycles. The minimum absolute atomic E-state index is 0.0629. The molecule has 1 unspecified atom stereocenters. The van der Waals surface area contributed by atoms with Crippen molar-refractivity contribution in [3.05, 3.63) is 0 Å². The van der Waals surface area contributed by atoms with Crippen molar-refractivity contribution >= 4 is 11.9 Å². The second-order valence-corrected chi connectivity index (χ2v) is 3.98. The maximum Gasteiger partial charge on any atom is 0.306 e. The molecule has 0 aliphatic carbocycles. The largest absolute Gasteiger partial charge is 0.481 e. The molecule has 82 valence electrons. The molecule has 0 radical (unpaired) electrons. The molecular weight excluding hydrogens is 182 g/mol. The van der Waals surface area contributed by atoms with E-state index in [4.69, 9.17) is 5.11 Å². The van der Waals surface area contributed by atoms with Gasteiger partial charge in [0.1, 0.15) is 0 Å². The minimum atomic E-state index is -0.927. The zero-order valence-electron chi connectivity index (χ0n) is 9.04. The number of rotatable bonds is 6. The first-order chi connectivity index (χ1) is 6.43. The average Bonchev–Trinajstić information content (AvgIpc) is 2.02. The summed E-state index contributed by atoms with van der Waals surface area (Å²) in [6.45, 7) is 6.31. The topological polar surface area (TPSA) is 66.4 Å². The first kappa shape index (κ1) is 12.9. The number of carbonyl (C=O) groups is 2. The Hall–Kier alpha value is -1.06. The van der Waals surface area contributed by atoms with Crippen LogP contribution in [0, 0.1) is 11.8 Å². The van der Waals surface area contributed by atoms with Gasteiger partial charge in [-0.3, -0.25) is 9.59 Å². The molecule has 0 aliphatic rings. The number of carboxylic acids is 1. The predicted octanol–water partition coefficient (Wildman–Crippen LogP) is 1.26. The fourth-order valence-electron chi connectivity index (χ4n) is 0.938. The van der Waals surface area contributed by atoms with Gasteiger partial charge in [-0.15, -0.1) is 0 Å². The van der Waals surface area contributed by atoms with E-state index in [1.807, 2.05) is 0 Å². The monoisotopic (exact) mass is 201 g/mol. The lowest BCUT2D eigenvalue weighted by molar-refractivity contribution is -0.143. The molecule has 0 aromatic rings. The van der Waals surface area contributed by atoms with E-state index in [-0.39, 0.29) is 12.3 Å². The third kappa shape index (κ3) is 6.46. The molecule has 14 heavy (non-hydrogen) atoms. The molecule has 4 nitrogen and oxygen atoms in total. The Morgan fingerprint density at radius 1 is 1.29 bits per heavy atom. The summed E-state index contributed by atoms with van der Waals surface area (Å²) < 4.78 is 0. The van der Waals surface area contributed by atoms with E-state index in [1.165, 1.54) is 6.92 Å². The second-order valence-electron chi connectivity index (χ2n) is 3.98. The lowest BCUT2D eigenvalue weighted by atomic mass is 10.1. The van der Waals surface area contributed by atoms with E-state index in [0.717, 1.165) is 6.42 Å². The van der Waals surface area contributed by atoms with Crippen molar-refractivity contribution in [3.8, 4) is 0 Å². The normalized spacial score (nSPS) is 12.6. The predicted molar refractivity (Wildman–Crippen MR) is 53.9 cm³/mol. The van der Waals surface area contributed by atoms with Crippen LogP contribution >= 0.6 is 0 Å². The molecule has 0 bridgehead atoms. The fourth-order valence-corrected chi connectivity index (χ4v) is 0.938. The lowest BCUT2D eigenvalue weighted by Crippen LogP contribution is -2.28. The van der Waals surface area contributed by atoms with Gasteiger partial charge in [0.2, 0.25) is 5.91 Å². The first-order valence-electron chi connectivity index (χ1n) is 4.93. The van der Waals surface area contributed by atoms with Crippen LogP contribution < -0.4 is 5.32 Å². The van der Waals surface area contributed by atoms with E-state index in [9.17, 15) is 9.59 Å². The summed E-state index contributed by atoms with van der Waals surface area (Å²) in [5.74, 6) is -1.16. The van der Waals surface area contributed by atoms with Gasteiger partial charge in [0.25, 0.3) is 0 Å². The van der Waals surface area contributed by atoms with Crippen LogP contribution in [-0.4, -0.2) is 23.5 Å². The van der Waals surface area contributed by atoms with Crippen LogP contribution in [0.25, 0.3) is 0 Å². The fraction of sp³-hybridized carbons (Fsp3) is 0.800. The van der Waals surface area contributed by atoms with Gasteiger partial charge in [-0.2, -0.15) is 0 Å². The quantitative estimate of drug-likeness (QED) is 0.680. The van der Waals surface area contributed by atoms with Gasteiger partial charge in [-0.25, -0.2) is 0 Å². The lowest BCUT2D eigenvalue weighted by Gasteiger charge is -2.08. The molecule has 0 rings (SSSR count). The summed E-state index contributed by atoms with van der Waals surface area (Å²) in [5, 5.41) is 11.3. The average molecular weight is 201 g/mol. The van der Waals surface area contributed by atoms with E-state index < -0.39 is 11.9 Å². The molecule has 1 amide bonds. The third-order valence-electron chi connectivity index (χ3n) is 1.96. The maximum absolute atomic E-state index is 11.2. The third-order valence-corrected chi connectivity index (χ3v) is 1.96. The molecule has 0 saturated heterocycles. The van der Waals surface area contributed by atoms with E-state index in [2.05, 4.69) is 19.2 Å². The smallest absolute Gasteiger partial charge is 0.306 e. The van der Waals surface area contributed by atoms with Crippen molar-refractivity contribution in [2.45, 2.75) is 33.6 Å². The summed E-state index contributed by atoms with van der Waals surface area (Å²) in [6, 6.07) is 0. The van der Waals surface area contributed by atoms with Crippen LogP contribution in [-0.2, 0) is 9.59 Å². The Kier molecular flexibility index (Phi) is 5.92. The second kappa shape index (κ2) is 6.40. The molecule has 0 heterocycles. The Morgan fingerprint density at radius 2 is 1.86 bits per heavy atom. The van der Waals surface area contributed by atoms with E-state index >= 15 is 0 Å². The van der Waals surface area contributed by atoms with Crippen LogP contribution in [0.5, 0.6) is 0 Å². The van der Waals surface area contributed by atoms with Crippen LogP contribution in [0.1, 0.15) is 33.6 Å². The Balaban J connectivity index is 3.60. The van der Waals surface area contributed by atoms with Crippen LogP contribution in [0.4, 0.5) is 0 Å². The van der Waals surface area contributed by atoms with Gasteiger partial charge in [0.05, 0.1) is 5.92 Å². The first-order valence-corrected chi connectivity index (χ1v) is 4.93. The highest BCUT2D eigenvalue weighted by Gasteiger charge is 2.14. The highest BCUT2D eigenvalue weighted by molar-refractivity contribution is 5.81. The minimum Gasteiger partial charge on any atom is -0.481 e. The molecule has 0 aromatic heterocycles. The van der Waals surface area contributed by atoms with Crippen molar-refractivity contribution in [2.75, 3.05) is 6.54 Å². The van der Waals surface area contributed by atoms with Crippen LogP contribution in [0.15, 0.2) is 0 Å². The summed E-state index contributed by atoms with van der Waals surface area (Å²) in [6.07, 6.45) is 0.987. The molecule has 0 saturated carbocycles. The van der Waals surface area contributed by atoms with E-state index in [0.29, 0.717) is 12.5 Å². The van der Waals surface area contributed by atoms with E-state index in [1.54, 1.807) is 0 Å². The zero-order valence-corrected chi connectivity index (χ0v) is 9.04. The van der Waals surface area contributed by atoms with Gasteiger partial charge < -0.3 is 10.4 Å². The van der Waals surface area contributed by atoms with Crippen LogP contribution in [0.2, 0.25) is 0 Å². The molecule has 0 spiro atoms. The number of carbonyl (C=O) groups excluding carboxylic acids is 1. The van der Waals surface area contributed by atoms with Gasteiger partial charge in [-0.05, 0) is 12.3 Å². The Bertz CT molecular complexity index is 202. The van der Waals surface area contributed by atoms with Crippen molar-refractivity contribution in [3.63, 3.8) is 0 Å². The summed E-state index contributed by atoms with van der Waals surface area (Å²) in [5.41, 5.74) is 0. The van der Waals surface area contributed by atoms with Gasteiger partial charge in [-0.1, -0.05) is 20.8 Å². The van der Waals surface area contributed by atoms with Crippen LogP contribution in [0.3, 0.4) is 0 Å². The van der Waals surface area contributed by atoms with Gasteiger partial charge in [0, 0.05) is 13.0 Å². The van der Waals surface area contributed by atoms with Gasteiger partial charge >= 0.3 is 5.97 Å². The number of hydrogen-bond donors (Lipinski definition) is 2. The number of hydrogen-bond acceptors (Lipinski definition) is 2. The molecule has 0 fully saturated rings. The number of nitrogens with one attached hydrogen (secondary N) is 1. The maximum atomic E-state index is 11.2. The number of amides is 1. The Morgan fingerprint density at radius 3 is 2.29 bits per heavy atom. The van der Waals surface area contributed by atoms with Crippen molar-refractivity contribution in [2.24, 2.45) is 11.8 Å². The highest BCUT2D eigenvalue weighted by Crippen LogP contribution is 2.02. The van der Waals surface area contributed by atoms with Crippen molar-refractivity contribution in [1.29, 1.82) is 0 Å².